The maximum Gasteiger partial charge on any atom is 0.0944 e. The van der Waals surface area contributed by atoms with Crippen LogP contribution in [0.2, 0.25) is 0 Å². The molecule has 60 valence electrons. The monoisotopic (exact) mass is 184 g/mol. The van der Waals surface area contributed by atoms with E-state index in [2.05, 4.69) is 0 Å². The number of hydrogen-bond donors (Lipinski definition) is 0. The molecule has 0 amide bonds. The minimum atomic E-state index is 0.400. The van der Waals surface area contributed by atoms with E-state index in [0.717, 1.165) is 13.2 Å². The van der Waals surface area contributed by atoms with Gasteiger partial charge in [0.2, 0.25) is 0 Å². The largest absolute Gasteiger partial charge is 0.372 e. The number of ether oxygens (including phenoxy) is 2. The molecule has 2 rings (SSSR count). The van der Waals surface area contributed by atoms with Crippen molar-refractivity contribution in [2.75, 3.05) is 25.0 Å². The molecule has 10 heavy (non-hydrogen) atoms. The molecule has 2 aliphatic heterocycles. The lowest BCUT2D eigenvalue weighted by Crippen LogP contribution is -1.80. The summed E-state index contributed by atoms with van der Waals surface area (Å²) in [5.41, 5.74) is 0. The molecular weight excluding hydrogens is 175 g/mol. The standard InChI is InChI=1S/2C3H5ClO/c2*4-1-3-2-5-3/h2*3H,1-2H2. The Kier molecular flexibility index (Phi) is 3.78. The molecule has 2 aliphatic rings. The third-order valence-electron chi connectivity index (χ3n) is 1.15. The first kappa shape index (κ1) is 8.60. The molecule has 2 atom stereocenters. The van der Waals surface area contributed by atoms with E-state index in [9.17, 15) is 0 Å². The van der Waals surface area contributed by atoms with Gasteiger partial charge >= 0.3 is 0 Å². The van der Waals surface area contributed by atoms with E-state index in [1.54, 1.807) is 0 Å². The summed E-state index contributed by atoms with van der Waals surface area (Å²) in [5.74, 6) is 1.33. The summed E-state index contributed by atoms with van der Waals surface area (Å²) in [4.78, 5) is 0. The van der Waals surface area contributed by atoms with E-state index in [0.29, 0.717) is 24.0 Å². The Bertz CT molecular complexity index is 79.7. The van der Waals surface area contributed by atoms with Gasteiger partial charge in [-0.25, -0.2) is 0 Å². The molecule has 2 unspecified atom stereocenters. The molecule has 0 aliphatic carbocycles. The maximum absolute atomic E-state index is 5.27. The van der Waals surface area contributed by atoms with Gasteiger partial charge in [0.1, 0.15) is 0 Å². The lowest BCUT2D eigenvalue weighted by atomic mass is 10.6. The molecule has 0 spiro atoms. The molecule has 2 fully saturated rings. The number of hydrogen-bond acceptors (Lipinski definition) is 2. The van der Waals surface area contributed by atoms with Crippen molar-refractivity contribution >= 4 is 23.2 Å². The molecule has 0 N–H and O–H groups in total. The summed E-state index contributed by atoms with van der Waals surface area (Å²) in [5, 5.41) is 0. The molecule has 2 nitrogen and oxygen atoms in total. The van der Waals surface area contributed by atoms with Crippen LogP contribution < -0.4 is 0 Å². The Balaban J connectivity index is 0.0000001000. The summed E-state index contributed by atoms with van der Waals surface area (Å²) in [6.07, 6.45) is 0.799. The number of rotatable bonds is 2. The third-order valence-corrected chi connectivity index (χ3v) is 1.84. The molecule has 0 aromatic heterocycles. The second-order valence-corrected chi connectivity index (χ2v) is 2.84. The highest BCUT2D eigenvalue weighted by atomic mass is 35.5. The molecule has 0 aromatic rings. The number of halogens is 2. The smallest absolute Gasteiger partial charge is 0.0944 e. The van der Waals surface area contributed by atoms with Crippen molar-refractivity contribution in [3.8, 4) is 0 Å². The molecule has 4 heteroatoms. The molecule has 2 saturated heterocycles. The van der Waals surface area contributed by atoms with Crippen LogP contribution in [-0.2, 0) is 9.47 Å². The first-order valence-corrected chi connectivity index (χ1v) is 4.29. The van der Waals surface area contributed by atoms with Crippen molar-refractivity contribution in [2.24, 2.45) is 0 Å². The number of epoxide rings is 2. The van der Waals surface area contributed by atoms with Gasteiger partial charge in [-0.2, -0.15) is 0 Å². The van der Waals surface area contributed by atoms with E-state index in [-0.39, 0.29) is 0 Å². The zero-order valence-corrected chi connectivity index (χ0v) is 7.07. The van der Waals surface area contributed by atoms with Crippen molar-refractivity contribution in [3.63, 3.8) is 0 Å². The van der Waals surface area contributed by atoms with Gasteiger partial charge in [-0.1, -0.05) is 0 Å². The minimum absolute atomic E-state index is 0.400. The van der Waals surface area contributed by atoms with Gasteiger partial charge in [0.15, 0.2) is 0 Å². The van der Waals surface area contributed by atoms with E-state index >= 15 is 0 Å². The first-order chi connectivity index (χ1) is 4.86. The molecule has 0 radical (unpaired) electrons. The van der Waals surface area contributed by atoms with Gasteiger partial charge < -0.3 is 9.47 Å². The normalized spacial score (nSPS) is 34.2. The van der Waals surface area contributed by atoms with E-state index in [4.69, 9.17) is 32.7 Å². The topological polar surface area (TPSA) is 25.1 Å². The van der Waals surface area contributed by atoms with Crippen LogP contribution in [0.15, 0.2) is 0 Å². The van der Waals surface area contributed by atoms with E-state index < -0.39 is 0 Å². The average Bonchev–Trinajstić information content (AvgIpc) is 2.86. The highest BCUT2D eigenvalue weighted by Crippen LogP contribution is 2.09. The van der Waals surface area contributed by atoms with Crippen LogP contribution >= 0.6 is 23.2 Å². The molecule has 2 heterocycles. The fourth-order valence-corrected chi connectivity index (χ4v) is 0.671. The van der Waals surface area contributed by atoms with E-state index in [1.165, 1.54) is 0 Å². The molecular formula is C6H10Cl2O2. The summed E-state index contributed by atoms with van der Waals surface area (Å²) >= 11 is 10.5. The highest BCUT2D eigenvalue weighted by Gasteiger charge is 2.20. The Morgan fingerprint density at radius 1 is 1.00 bits per heavy atom. The lowest BCUT2D eigenvalue weighted by molar-refractivity contribution is 0.425. The van der Waals surface area contributed by atoms with Crippen molar-refractivity contribution in [1.82, 2.24) is 0 Å². The Labute approximate surface area is 70.4 Å². The zero-order chi connectivity index (χ0) is 7.40. The molecule has 0 bridgehead atoms. The zero-order valence-electron chi connectivity index (χ0n) is 5.56. The molecule has 0 aromatic carbocycles. The van der Waals surface area contributed by atoms with Gasteiger partial charge in [0, 0.05) is 0 Å². The van der Waals surface area contributed by atoms with Crippen molar-refractivity contribution < 1.29 is 9.47 Å². The average molecular weight is 185 g/mol. The first-order valence-electron chi connectivity index (χ1n) is 3.22. The predicted octanol–water partition coefficient (Wildman–Crippen LogP) is 1.25. The van der Waals surface area contributed by atoms with Crippen LogP contribution in [0.4, 0.5) is 0 Å². The van der Waals surface area contributed by atoms with Gasteiger partial charge in [-0.15, -0.1) is 23.2 Å². The Morgan fingerprint density at radius 2 is 1.30 bits per heavy atom. The SMILES string of the molecule is ClCC1CO1.ClCC1CO1. The maximum atomic E-state index is 5.27. The quantitative estimate of drug-likeness (QED) is 0.477. The van der Waals surface area contributed by atoms with Crippen LogP contribution in [0.1, 0.15) is 0 Å². The van der Waals surface area contributed by atoms with Gasteiger partial charge in [0.25, 0.3) is 0 Å². The Hall–Kier alpha value is 0.500. The summed E-state index contributed by atoms with van der Waals surface area (Å²) in [7, 11) is 0. The predicted molar refractivity (Wildman–Crippen MR) is 40.9 cm³/mol. The lowest BCUT2D eigenvalue weighted by Gasteiger charge is -1.67. The van der Waals surface area contributed by atoms with Crippen LogP contribution in [0, 0.1) is 0 Å². The summed E-state index contributed by atoms with van der Waals surface area (Å²) in [6.45, 7) is 1.76. The Morgan fingerprint density at radius 3 is 1.30 bits per heavy atom. The second kappa shape index (κ2) is 4.39. The second-order valence-electron chi connectivity index (χ2n) is 2.22. The van der Waals surface area contributed by atoms with Crippen LogP contribution in [0.25, 0.3) is 0 Å². The molecule has 0 saturated carbocycles. The van der Waals surface area contributed by atoms with E-state index in [1.807, 2.05) is 0 Å². The fourth-order valence-electron chi connectivity index (χ4n) is 0.314. The van der Waals surface area contributed by atoms with Gasteiger partial charge in [-0.05, 0) is 0 Å². The van der Waals surface area contributed by atoms with Crippen LogP contribution in [0.3, 0.4) is 0 Å². The van der Waals surface area contributed by atoms with Gasteiger partial charge in [0.05, 0.1) is 37.2 Å². The minimum Gasteiger partial charge on any atom is -0.372 e. The van der Waals surface area contributed by atoms with Crippen LogP contribution in [0.5, 0.6) is 0 Å². The third kappa shape index (κ3) is 4.34. The summed E-state index contributed by atoms with van der Waals surface area (Å²) in [6, 6.07) is 0. The van der Waals surface area contributed by atoms with Crippen LogP contribution in [-0.4, -0.2) is 37.2 Å². The highest BCUT2D eigenvalue weighted by molar-refractivity contribution is 6.18. The summed E-state index contributed by atoms with van der Waals surface area (Å²) < 4.78 is 9.45. The number of alkyl halides is 2. The fraction of sp³-hybridized carbons (Fsp3) is 1.00. The van der Waals surface area contributed by atoms with Crippen molar-refractivity contribution in [1.29, 1.82) is 0 Å². The van der Waals surface area contributed by atoms with Crippen molar-refractivity contribution in [2.45, 2.75) is 12.2 Å². The van der Waals surface area contributed by atoms with Gasteiger partial charge in [-0.3, -0.25) is 0 Å². The van der Waals surface area contributed by atoms with Crippen molar-refractivity contribution in [3.05, 3.63) is 0 Å².